The second-order valence-corrected chi connectivity index (χ2v) is 5.31. The molecule has 3 N–H and O–H groups in total. The van der Waals surface area contributed by atoms with Gasteiger partial charge in [0, 0.05) is 56.9 Å². The minimum atomic E-state index is -0.415. The number of hydrogen-bond acceptors (Lipinski definition) is 3. The number of hydrogen-bond donors (Lipinski definition) is 1. The summed E-state index contributed by atoms with van der Waals surface area (Å²) in [6.45, 7) is 3.91. The summed E-state index contributed by atoms with van der Waals surface area (Å²) >= 11 is 6.39. The molecule has 24 heavy (non-hydrogen) atoms. The molecule has 0 saturated heterocycles. The van der Waals surface area contributed by atoms with E-state index >= 15 is 0 Å². The van der Waals surface area contributed by atoms with Crippen LogP contribution in [0.5, 0.6) is 0 Å². The van der Waals surface area contributed by atoms with Gasteiger partial charge in [0.1, 0.15) is 5.69 Å². The molecule has 2 aromatic heterocycles. The Morgan fingerprint density at radius 2 is 2.12 bits per heavy atom. The van der Waals surface area contributed by atoms with Crippen LogP contribution in [0.1, 0.15) is 16.1 Å². The number of H-pyrrole nitrogens is 1. The number of ether oxygens (including phenoxy) is 1. The number of rotatable bonds is 3. The average molecular weight is 424 g/mol. The van der Waals surface area contributed by atoms with Crippen LogP contribution in [0.25, 0.3) is 22.2 Å². The van der Waals surface area contributed by atoms with E-state index in [-0.39, 0.29) is 38.2 Å². The first kappa shape index (κ1) is 20.8. The SMILES string of the molecule is O.[CH2-]Cc1c(C(=O)OC)[nH]c2c(-c3ccnn3C)c(Cl)ccc12.[Y]. The van der Waals surface area contributed by atoms with Gasteiger partial charge < -0.3 is 22.1 Å². The first-order valence-electron chi connectivity index (χ1n) is 6.77. The second kappa shape index (κ2) is 8.25. The fraction of sp³-hybridized carbons (Fsp3) is 0.188. The van der Waals surface area contributed by atoms with Crippen molar-refractivity contribution < 1.29 is 47.7 Å². The summed E-state index contributed by atoms with van der Waals surface area (Å²) in [6, 6.07) is 5.59. The van der Waals surface area contributed by atoms with Gasteiger partial charge in [0.05, 0.1) is 23.3 Å². The van der Waals surface area contributed by atoms with Crippen LogP contribution >= 0.6 is 11.6 Å². The van der Waals surface area contributed by atoms with Crippen molar-refractivity contribution in [1.29, 1.82) is 0 Å². The van der Waals surface area contributed by atoms with E-state index < -0.39 is 5.97 Å². The van der Waals surface area contributed by atoms with Crippen molar-refractivity contribution in [2.24, 2.45) is 7.05 Å². The molecule has 1 aromatic carbocycles. The molecule has 0 aliphatic carbocycles. The van der Waals surface area contributed by atoms with Crippen molar-refractivity contribution in [2.75, 3.05) is 7.11 Å². The van der Waals surface area contributed by atoms with Gasteiger partial charge in [-0.1, -0.05) is 17.7 Å². The largest absolute Gasteiger partial charge is 0.464 e. The number of aromatic amines is 1. The number of halogens is 1. The number of nitrogens with zero attached hydrogens (tertiary/aromatic N) is 2. The number of fused-ring (bicyclic) bond motifs is 1. The van der Waals surface area contributed by atoms with Gasteiger partial charge in [0.15, 0.2) is 0 Å². The van der Waals surface area contributed by atoms with Crippen LogP contribution < -0.4 is 0 Å². The molecular weight excluding hydrogens is 407 g/mol. The Balaban J connectivity index is 0.00000144. The third-order valence-corrected chi connectivity index (χ3v) is 4.06. The van der Waals surface area contributed by atoms with Crippen LogP contribution in [-0.2, 0) is 50.9 Å². The number of nitrogens with one attached hydrogen (secondary N) is 1. The Morgan fingerprint density at radius 3 is 2.67 bits per heavy atom. The van der Waals surface area contributed by atoms with Gasteiger partial charge >= 0.3 is 5.97 Å². The van der Waals surface area contributed by atoms with Crippen LogP contribution in [0.4, 0.5) is 0 Å². The number of methoxy groups -OCH3 is 1. The molecule has 3 rings (SSSR count). The van der Waals surface area contributed by atoms with E-state index in [9.17, 15) is 4.79 Å². The fourth-order valence-corrected chi connectivity index (χ4v) is 2.95. The molecule has 0 bridgehead atoms. The van der Waals surface area contributed by atoms with Crippen molar-refractivity contribution in [1.82, 2.24) is 14.8 Å². The molecule has 0 atom stereocenters. The molecule has 0 unspecified atom stereocenters. The summed E-state index contributed by atoms with van der Waals surface area (Å²) < 4.78 is 6.58. The monoisotopic (exact) mass is 423 g/mol. The van der Waals surface area contributed by atoms with E-state index in [0.717, 1.165) is 27.7 Å². The second-order valence-electron chi connectivity index (χ2n) is 4.91. The van der Waals surface area contributed by atoms with Gasteiger partial charge in [0.25, 0.3) is 0 Å². The van der Waals surface area contributed by atoms with Crippen LogP contribution in [-0.4, -0.2) is 33.3 Å². The molecule has 0 saturated carbocycles. The Hall–Kier alpha value is -1.21. The van der Waals surface area contributed by atoms with Crippen molar-refractivity contribution in [2.45, 2.75) is 6.42 Å². The van der Waals surface area contributed by atoms with E-state index in [0.29, 0.717) is 17.1 Å². The van der Waals surface area contributed by atoms with E-state index in [1.165, 1.54) is 7.11 Å². The summed E-state index contributed by atoms with van der Waals surface area (Å²) in [5.41, 5.74) is 3.70. The molecule has 2 heterocycles. The van der Waals surface area contributed by atoms with E-state index in [1.807, 2.05) is 25.2 Å². The fourth-order valence-electron chi connectivity index (χ4n) is 2.70. The maximum atomic E-state index is 12.0. The summed E-state index contributed by atoms with van der Waals surface area (Å²) in [6.07, 6.45) is 2.17. The quantitative estimate of drug-likeness (QED) is 0.518. The predicted octanol–water partition coefficient (Wildman–Crippen LogP) is 2.56. The van der Waals surface area contributed by atoms with Crippen molar-refractivity contribution in [3.63, 3.8) is 0 Å². The number of benzene rings is 1. The predicted molar refractivity (Wildman–Crippen MR) is 89.5 cm³/mol. The zero-order valence-electron chi connectivity index (χ0n) is 13.4. The summed E-state index contributed by atoms with van der Waals surface area (Å²) in [4.78, 5) is 15.1. The van der Waals surface area contributed by atoms with Crippen LogP contribution in [0.3, 0.4) is 0 Å². The van der Waals surface area contributed by atoms with Gasteiger partial charge in [-0.2, -0.15) is 11.5 Å². The maximum absolute atomic E-state index is 12.0. The average Bonchev–Trinajstić information content (AvgIpc) is 3.09. The topological polar surface area (TPSA) is 91.4 Å². The molecule has 1 radical (unpaired) electrons. The van der Waals surface area contributed by atoms with E-state index in [4.69, 9.17) is 16.3 Å². The molecule has 125 valence electrons. The van der Waals surface area contributed by atoms with Crippen LogP contribution in [0, 0.1) is 6.92 Å². The maximum Gasteiger partial charge on any atom is 0.354 e. The molecule has 8 heteroatoms. The van der Waals surface area contributed by atoms with E-state index in [2.05, 4.69) is 17.0 Å². The first-order chi connectivity index (χ1) is 10.6. The summed E-state index contributed by atoms with van der Waals surface area (Å²) in [5, 5.41) is 5.68. The smallest absolute Gasteiger partial charge is 0.354 e. The van der Waals surface area contributed by atoms with Gasteiger partial charge in [0.2, 0.25) is 0 Å². The van der Waals surface area contributed by atoms with Crippen LogP contribution in [0.2, 0.25) is 5.02 Å². The molecule has 3 aromatic rings. The van der Waals surface area contributed by atoms with Crippen molar-refractivity contribution in [3.05, 3.63) is 47.6 Å². The van der Waals surface area contributed by atoms with E-state index in [1.54, 1.807) is 10.9 Å². The third kappa shape index (κ3) is 3.29. The molecule has 6 nitrogen and oxygen atoms in total. The molecule has 0 aliphatic rings. The zero-order valence-corrected chi connectivity index (χ0v) is 17.0. The number of aromatic nitrogens is 3. The molecular formula is C16H17ClN3O3Y-. The standard InChI is InChI=1S/C16H15ClN3O2.H2O.Y/c1-4-9-10-5-6-11(17)13(12-7-8-18-20(12)2)14(10)19-15(9)16(21)22-3;;/h5-8,19H,1,4H2,2-3H3;1H2;/q-1;;. The van der Waals surface area contributed by atoms with Gasteiger partial charge in [-0.15, -0.1) is 0 Å². The van der Waals surface area contributed by atoms with Crippen molar-refractivity contribution >= 4 is 28.5 Å². The Labute approximate surface area is 169 Å². The number of esters is 1. The van der Waals surface area contributed by atoms with Gasteiger partial charge in [-0.05, 0) is 17.7 Å². The number of carbonyl (C=O) groups is 1. The number of carbonyl (C=O) groups excluding carboxylic acids is 1. The number of aryl methyl sites for hydroxylation is 1. The van der Waals surface area contributed by atoms with Crippen molar-refractivity contribution in [3.8, 4) is 11.3 Å². The minimum absolute atomic E-state index is 0. The minimum Gasteiger partial charge on any atom is -0.464 e. The van der Waals surface area contributed by atoms with Crippen LogP contribution in [0.15, 0.2) is 24.4 Å². The third-order valence-electron chi connectivity index (χ3n) is 3.75. The zero-order chi connectivity index (χ0) is 15.9. The molecule has 0 spiro atoms. The Morgan fingerprint density at radius 1 is 1.42 bits per heavy atom. The van der Waals surface area contributed by atoms with Gasteiger partial charge in [-0.25, -0.2) is 4.79 Å². The first-order valence-corrected chi connectivity index (χ1v) is 7.15. The Bertz CT molecular complexity index is 873. The summed E-state index contributed by atoms with van der Waals surface area (Å²) in [5.74, 6) is -0.415. The normalized spacial score (nSPS) is 10.2. The molecule has 0 aliphatic heterocycles. The molecule has 0 fully saturated rings. The summed E-state index contributed by atoms with van der Waals surface area (Å²) in [7, 11) is 3.20. The Kier molecular flexibility index (Phi) is 7.16. The molecule has 0 amide bonds. The van der Waals surface area contributed by atoms with Gasteiger partial charge in [-0.3, -0.25) is 4.68 Å².